The van der Waals surface area contributed by atoms with Crippen LogP contribution in [0.25, 0.3) is 0 Å². The fourth-order valence-corrected chi connectivity index (χ4v) is 0.486. The molecule has 0 radical (unpaired) electrons. The van der Waals surface area contributed by atoms with Crippen molar-refractivity contribution in [1.82, 2.24) is 0 Å². The molecule has 1 unspecified atom stereocenters. The van der Waals surface area contributed by atoms with Crippen molar-refractivity contribution in [2.45, 2.75) is 12.1 Å². The Bertz CT molecular complexity index is 251. The van der Waals surface area contributed by atoms with Gasteiger partial charge in [-0.2, -0.15) is 17.6 Å². The van der Waals surface area contributed by atoms with Gasteiger partial charge in [0.25, 0.3) is 0 Å². The van der Waals surface area contributed by atoms with Crippen molar-refractivity contribution in [3.8, 4) is 0 Å². The summed E-state index contributed by atoms with van der Waals surface area (Å²) in [7, 11) is 0. The molecule has 1 fully saturated rings. The minimum atomic E-state index is -4.63. The van der Waals surface area contributed by atoms with Crippen molar-refractivity contribution in [3.05, 3.63) is 0 Å². The summed E-state index contributed by atoms with van der Waals surface area (Å²) in [5, 5.41) is 0. The number of hydrogen-bond acceptors (Lipinski definition) is 4. The van der Waals surface area contributed by atoms with E-state index in [1.54, 1.807) is 0 Å². The summed E-state index contributed by atoms with van der Waals surface area (Å²) in [6, 6.07) is -7.26. The van der Waals surface area contributed by atoms with Gasteiger partial charge in [0, 0.05) is 0 Å². The van der Waals surface area contributed by atoms with E-state index in [-0.39, 0.29) is 0 Å². The Kier molecular flexibility index (Phi) is 1.60. The zero-order valence-corrected chi connectivity index (χ0v) is 5.14. The normalized spacial score (nSPS) is 33.2. The zero-order chi connectivity index (χ0) is 9.57. The van der Waals surface area contributed by atoms with Gasteiger partial charge < -0.3 is 4.74 Å². The van der Waals surface area contributed by atoms with Crippen LogP contribution in [-0.2, 0) is 19.1 Å². The van der Waals surface area contributed by atoms with Crippen LogP contribution in [0.4, 0.5) is 17.6 Å². The molecular weight excluding hydrogens is 188 g/mol. The van der Waals surface area contributed by atoms with Crippen LogP contribution in [0.2, 0.25) is 0 Å². The zero-order valence-electron chi connectivity index (χ0n) is 5.14. The molecule has 4 nitrogen and oxygen atoms in total. The van der Waals surface area contributed by atoms with Gasteiger partial charge in [-0.25, -0.2) is 14.3 Å². The molecule has 68 valence electrons. The van der Waals surface area contributed by atoms with Crippen LogP contribution in [0.5, 0.6) is 0 Å². The Morgan fingerprint density at radius 3 is 2.00 bits per heavy atom. The molecule has 0 aromatic rings. The molecule has 1 aliphatic heterocycles. The van der Waals surface area contributed by atoms with Gasteiger partial charge in [-0.1, -0.05) is 0 Å². The first-order valence-corrected chi connectivity index (χ1v) is 2.48. The largest absolute Gasteiger partial charge is 0.466 e. The van der Waals surface area contributed by atoms with Crippen LogP contribution in [0.3, 0.4) is 0 Å². The van der Waals surface area contributed by atoms with E-state index in [4.69, 9.17) is 0 Å². The van der Waals surface area contributed by atoms with E-state index < -0.39 is 24.2 Å². The second-order valence-corrected chi connectivity index (χ2v) is 1.82. The molecule has 12 heavy (non-hydrogen) atoms. The highest BCUT2D eigenvalue weighted by atomic mass is 19.3. The molecule has 1 atom stereocenters. The number of carbonyl (C=O) groups excluding carboxylic acids is 2. The molecule has 0 saturated carbocycles. The Hall–Kier alpha value is -1.18. The van der Waals surface area contributed by atoms with Crippen molar-refractivity contribution in [2.75, 3.05) is 0 Å². The quantitative estimate of drug-likeness (QED) is 0.336. The Balaban J connectivity index is 2.92. The molecule has 0 N–H and O–H groups in total. The van der Waals surface area contributed by atoms with Crippen LogP contribution < -0.4 is 0 Å². The number of rotatable bonds is 1. The first-order valence-electron chi connectivity index (χ1n) is 2.48. The van der Waals surface area contributed by atoms with Gasteiger partial charge >= 0.3 is 24.2 Å². The molecule has 8 heteroatoms. The highest BCUT2D eigenvalue weighted by Crippen LogP contribution is 2.36. The van der Waals surface area contributed by atoms with Crippen molar-refractivity contribution < 1.29 is 36.6 Å². The molecule has 0 spiro atoms. The predicted octanol–water partition coefficient (Wildman–Crippen LogP) is 0.272. The predicted molar refractivity (Wildman–Crippen MR) is 22.1 cm³/mol. The van der Waals surface area contributed by atoms with E-state index in [9.17, 15) is 27.2 Å². The van der Waals surface area contributed by atoms with Gasteiger partial charge in [-0.15, -0.1) is 0 Å². The van der Waals surface area contributed by atoms with Crippen molar-refractivity contribution in [1.29, 1.82) is 0 Å². The molecule has 1 aliphatic rings. The van der Waals surface area contributed by atoms with Gasteiger partial charge in [0.2, 0.25) is 0 Å². The van der Waals surface area contributed by atoms with Crippen molar-refractivity contribution in [3.63, 3.8) is 0 Å². The van der Waals surface area contributed by atoms with E-state index in [1.807, 2.05) is 0 Å². The van der Waals surface area contributed by atoms with Crippen LogP contribution in [0.15, 0.2) is 0 Å². The molecule has 1 saturated heterocycles. The number of carbonyl (C=O) groups is 2. The molecule has 0 aliphatic carbocycles. The summed E-state index contributed by atoms with van der Waals surface area (Å²) >= 11 is 0. The van der Waals surface area contributed by atoms with Crippen molar-refractivity contribution >= 4 is 12.0 Å². The third kappa shape index (κ3) is 1.13. The lowest BCUT2D eigenvalue weighted by molar-refractivity contribution is -0.308. The first-order chi connectivity index (χ1) is 5.28. The summed E-state index contributed by atoms with van der Waals surface area (Å²) in [6.45, 7) is 0. The third-order valence-corrected chi connectivity index (χ3v) is 0.956. The monoisotopic (exact) mass is 188 g/mol. The molecule has 0 aromatic carbocycles. The SMILES string of the molecule is O=C1OC(F)(C(=O)F)OC1(F)F. The summed E-state index contributed by atoms with van der Waals surface area (Å²) in [5.74, 6) is -2.45. The van der Waals surface area contributed by atoms with Crippen molar-refractivity contribution in [2.24, 2.45) is 0 Å². The number of ether oxygens (including phenoxy) is 2. The molecule has 0 bridgehead atoms. The fraction of sp³-hybridized carbons (Fsp3) is 0.500. The van der Waals surface area contributed by atoms with Gasteiger partial charge in [-0.3, -0.25) is 0 Å². The lowest BCUT2D eigenvalue weighted by Gasteiger charge is -2.08. The van der Waals surface area contributed by atoms with E-state index in [2.05, 4.69) is 9.47 Å². The fourth-order valence-electron chi connectivity index (χ4n) is 0.486. The third-order valence-electron chi connectivity index (χ3n) is 0.956. The average Bonchev–Trinajstić information content (AvgIpc) is 2.03. The number of alkyl halides is 3. The van der Waals surface area contributed by atoms with Crippen LogP contribution in [0, 0.1) is 0 Å². The minimum absolute atomic E-state index is 2.45. The molecule has 0 amide bonds. The first kappa shape index (κ1) is 8.91. The second-order valence-electron chi connectivity index (χ2n) is 1.82. The number of hydrogen-bond donors (Lipinski definition) is 0. The Morgan fingerprint density at radius 1 is 1.33 bits per heavy atom. The number of esters is 1. The van der Waals surface area contributed by atoms with Gasteiger partial charge in [0.15, 0.2) is 0 Å². The summed E-state index contributed by atoms with van der Waals surface area (Å²) in [5.41, 5.74) is 0. The maximum atomic E-state index is 12.3. The maximum absolute atomic E-state index is 12.3. The van der Waals surface area contributed by atoms with E-state index in [0.717, 1.165) is 0 Å². The molecular formula is C4F4O4. The Morgan fingerprint density at radius 2 is 1.83 bits per heavy atom. The highest BCUT2D eigenvalue weighted by molar-refractivity contribution is 5.85. The smallest absolute Gasteiger partial charge is 0.389 e. The maximum Gasteiger partial charge on any atom is 0.466 e. The lowest BCUT2D eigenvalue weighted by atomic mass is 10.6. The average molecular weight is 188 g/mol. The molecule has 0 aromatic heterocycles. The van der Waals surface area contributed by atoms with Crippen LogP contribution >= 0.6 is 0 Å². The van der Waals surface area contributed by atoms with Gasteiger partial charge in [0.1, 0.15) is 0 Å². The summed E-state index contributed by atoms with van der Waals surface area (Å²) in [4.78, 5) is 19.6. The molecule has 1 heterocycles. The molecule has 1 rings (SSSR count). The van der Waals surface area contributed by atoms with E-state index in [0.29, 0.717) is 0 Å². The van der Waals surface area contributed by atoms with Gasteiger partial charge in [0.05, 0.1) is 0 Å². The summed E-state index contributed by atoms with van der Waals surface area (Å²) < 4.78 is 53.6. The van der Waals surface area contributed by atoms with E-state index in [1.165, 1.54) is 0 Å². The topological polar surface area (TPSA) is 52.6 Å². The van der Waals surface area contributed by atoms with Crippen LogP contribution in [0.1, 0.15) is 0 Å². The minimum Gasteiger partial charge on any atom is -0.389 e. The van der Waals surface area contributed by atoms with E-state index >= 15 is 0 Å². The standard InChI is InChI=1S/C4F4O4/c5-1(9)4(8)11-2(10)3(6,7)12-4. The second kappa shape index (κ2) is 2.16. The lowest BCUT2D eigenvalue weighted by Crippen LogP contribution is -2.33. The summed E-state index contributed by atoms with van der Waals surface area (Å²) in [6.07, 6.45) is -4.63. The number of cyclic esters (lactones) is 1. The van der Waals surface area contributed by atoms with Gasteiger partial charge in [-0.05, 0) is 0 Å². The highest BCUT2D eigenvalue weighted by Gasteiger charge is 2.66. The van der Waals surface area contributed by atoms with Crippen LogP contribution in [-0.4, -0.2) is 24.2 Å². The number of halogens is 4. The Labute approximate surface area is 62.0 Å².